The average molecular weight is 655 g/mol. The molecular formula is C28H30BrCl2N3O4S. The van der Waals surface area contributed by atoms with E-state index < -0.39 is 28.5 Å². The van der Waals surface area contributed by atoms with E-state index in [1.54, 1.807) is 25.1 Å². The SMILES string of the molecule is CC(C)CNC(=O)[C@@H](C)N(Cc1cccc(Br)c1)C(=O)CN(c1cccc(Cl)c1)S(=O)(=O)c1ccc(Cl)cc1. The van der Waals surface area contributed by atoms with Crippen molar-refractivity contribution in [3.8, 4) is 0 Å². The molecule has 39 heavy (non-hydrogen) atoms. The van der Waals surface area contributed by atoms with Crippen molar-refractivity contribution in [2.45, 2.75) is 38.3 Å². The minimum absolute atomic E-state index is 0.0408. The summed E-state index contributed by atoms with van der Waals surface area (Å²) in [6.45, 7) is 5.56. The van der Waals surface area contributed by atoms with Crippen LogP contribution in [0.15, 0.2) is 82.2 Å². The third-order valence-electron chi connectivity index (χ3n) is 5.87. The molecule has 0 aliphatic carbocycles. The van der Waals surface area contributed by atoms with Gasteiger partial charge in [-0.15, -0.1) is 0 Å². The van der Waals surface area contributed by atoms with E-state index in [1.807, 2.05) is 38.1 Å². The predicted molar refractivity (Wildman–Crippen MR) is 159 cm³/mol. The zero-order chi connectivity index (χ0) is 28.7. The molecule has 0 unspecified atom stereocenters. The molecular weight excluding hydrogens is 625 g/mol. The first-order valence-electron chi connectivity index (χ1n) is 12.2. The highest BCUT2D eigenvalue weighted by Gasteiger charge is 2.32. The van der Waals surface area contributed by atoms with Crippen LogP contribution in [-0.4, -0.2) is 44.3 Å². The fraction of sp³-hybridized carbons (Fsp3) is 0.286. The van der Waals surface area contributed by atoms with E-state index in [9.17, 15) is 18.0 Å². The Morgan fingerprint density at radius 1 is 0.923 bits per heavy atom. The van der Waals surface area contributed by atoms with Crippen LogP contribution in [0.25, 0.3) is 0 Å². The van der Waals surface area contributed by atoms with Crippen molar-refractivity contribution in [2.24, 2.45) is 5.92 Å². The summed E-state index contributed by atoms with van der Waals surface area (Å²) in [5, 5.41) is 3.55. The molecule has 0 fully saturated rings. The highest BCUT2D eigenvalue weighted by molar-refractivity contribution is 9.10. The molecule has 1 atom stereocenters. The Labute approximate surface area is 248 Å². The van der Waals surface area contributed by atoms with Crippen LogP contribution >= 0.6 is 39.1 Å². The van der Waals surface area contributed by atoms with Gasteiger partial charge >= 0.3 is 0 Å². The fourth-order valence-corrected chi connectivity index (χ4v) is 5.92. The molecule has 3 rings (SSSR count). The number of carbonyl (C=O) groups is 2. The van der Waals surface area contributed by atoms with E-state index in [4.69, 9.17) is 23.2 Å². The molecule has 2 amide bonds. The summed E-state index contributed by atoms with van der Waals surface area (Å²) < 4.78 is 29.4. The quantitative estimate of drug-likeness (QED) is 0.269. The van der Waals surface area contributed by atoms with Gasteiger partial charge in [0.15, 0.2) is 0 Å². The first kappa shape index (κ1) is 30.9. The van der Waals surface area contributed by atoms with Crippen LogP contribution in [0.5, 0.6) is 0 Å². The summed E-state index contributed by atoms with van der Waals surface area (Å²) in [5.74, 6) is -0.667. The normalized spacial score (nSPS) is 12.2. The first-order valence-corrected chi connectivity index (χ1v) is 15.2. The van der Waals surface area contributed by atoms with Crippen LogP contribution < -0.4 is 9.62 Å². The van der Waals surface area contributed by atoms with E-state index in [-0.39, 0.29) is 29.0 Å². The molecule has 0 saturated heterocycles. The summed E-state index contributed by atoms with van der Waals surface area (Å²) in [7, 11) is -4.20. The number of hydrogen-bond donors (Lipinski definition) is 1. The molecule has 0 heterocycles. The first-order chi connectivity index (χ1) is 18.4. The van der Waals surface area contributed by atoms with E-state index in [0.29, 0.717) is 16.6 Å². The predicted octanol–water partition coefficient (Wildman–Crippen LogP) is 6.14. The van der Waals surface area contributed by atoms with Crippen molar-refractivity contribution in [3.05, 3.63) is 92.9 Å². The monoisotopic (exact) mass is 653 g/mol. The van der Waals surface area contributed by atoms with Gasteiger partial charge in [0.05, 0.1) is 10.6 Å². The summed E-state index contributed by atoms with van der Waals surface area (Å²) in [5.41, 5.74) is 0.987. The number of benzene rings is 3. The van der Waals surface area contributed by atoms with Crippen LogP contribution in [-0.2, 0) is 26.2 Å². The molecule has 0 bridgehead atoms. The number of hydrogen-bond acceptors (Lipinski definition) is 4. The highest BCUT2D eigenvalue weighted by atomic mass is 79.9. The van der Waals surface area contributed by atoms with Gasteiger partial charge in [-0.1, -0.05) is 71.2 Å². The maximum Gasteiger partial charge on any atom is 0.264 e. The number of sulfonamides is 1. The van der Waals surface area contributed by atoms with Gasteiger partial charge in [0.25, 0.3) is 10.0 Å². The minimum atomic E-state index is -4.20. The van der Waals surface area contributed by atoms with Crippen molar-refractivity contribution >= 4 is 66.7 Å². The van der Waals surface area contributed by atoms with Crippen LogP contribution in [0, 0.1) is 5.92 Å². The second-order valence-electron chi connectivity index (χ2n) is 9.41. The smallest absolute Gasteiger partial charge is 0.264 e. The lowest BCUT2D eigenvalue weighted by Gasteiger charge is -2.32. The number of amides is 2. The Hall–Kier alpha value is -2.59. The molecule has 0 spiro atoms. The number of nitrogens with zero attached hydrogens (tertiary/aromatic N) is 2. The van der Waals surface area contributed by atoms with Crippen molar-refractivity contribution in [1.29, 1.82) is 0 Å². The minimum Gasteiger partial charge on any atom is -0.354 e. The number of anilines is 1. The molecule has 0 aliphatic rings. The van der Waals surface area contributed by atoms with Crippen molar-refractivity contribution in [3.63, 3.8) is 0 Å². The molecule has 0 aliphatic heterocycles. The maximum absolute atomic E-state index is 13.9. The zero-order valence-electron chi connectivity index (χ0n) is 21.8. The standard InChI is InChI=1S/C28H30BrCl2N3O4S/c1-19(2)16-32-28(36)20(3)33(17-21-6-4-7-22(29)14-21)27(35)18-34(25-9-5-8-24(31)15-25)39(37,38)26-12-10-23(30)11-13-26/h4-15,19-20H,16-18H2,1-3H3,(H,32,36)/t20-/m1/s1. The van der Waals surface area contributed by atoms with Gasteiger partial charge in [0.2, 0.25) is 11.8 Å². The van der Waals surface area contributed by atoms with Crippen LogP contribution in [0.1, 0.15) is 26.3 Å². The molecule has 7 nitrogen and oxygen atoms in total. The van der Waals surface area contributed by atoms with Gasteiger partial charge in [-0.05, 0) is 73.0 Å². The number of halogens is 3. The molecule has 11 heteroatoms. The fourth-order valence-electron chi connectivity index (χ4n) is 3.76. The summed E-state index contributed by atoms with van der Waals surface area (Å²) >= 11 is 15.6. The second-order valence-corrected chi connectivity index (χ2v) is 13.1. The lowest BCUT2D eigenvalue weighted by atomic mass is 10.1. The van der Waals surface area contributed by atoms with Crippen LogP contribution in [0.2, 0.25) is 10.0 Å². The highest BCUT2D eigenvalue weighted by Crippen LogP contribution is 2.27. The third-order valence-corrected chi connectivity index (χ3v) is 8.64. The Bertz CT molecular complexity index is 1420. The molecule has 3 aromatic rings. The Morgan fingerprint density at radius 3 is 2.21 bits per heavy atom. The molecule has 1 N–H and O–H groups in total. The Kier molecular flexibility index (Phi) is 10.8. The molecule has 208 valence electrons. The zero-order valence-corrected chi connectivity index (χ0v) is 25.7. The van der Waals surface area contributed by atoms with Gasteiger partial charge in [-0.2, -0.15) is 0 Å². The maximum atomic E-state index is 13.9. The van der Waals surface area contributed by atoms with Crippen LogP contribution in [0.3, 0.4) is 0 Å². The van der Waals surface area contributed by atoms with E-state index in [1.165, 1.54) is 35.2 Å². The molecule has 3 aromatic carbocycles. The van der Waals surface area contributed by atoms with Gasteiger partial charge in [0.1, 0.15) is 12.6 Å². The van der Waals surface area contributed by atoms with E-state index in [0.717, 1.165) is 14.3 Å². The number of rotatable bonds is 11. The van der Waals surface area contributed by atoms with E-state index in [2.05, 4.69) is 21.2 Å². The lowest BCUT2D eigenvalue weighted by Crippen LogP contribution is -2.51. The number of carbonyl (C=O) groups excluding carboxylic acids is 2. The topological polar surface area (TPSA) is 86.8 Å². The molecule has 0 radical (unpaired) electrons. The second kappa shape index (κ2) is 13.7. The average Bonchev–Trinajstić information content (AvgIpc) is 2.88. The summed E-state index contributed by atoms with van der Waals surface area (Å²) in [6.07, 6.45) is 0. The van der Waals surface area contributed by atoms with Crippen molar-refractivity contribution < 1.29 is 18.0 Å². The van der Waals surface area contributed by atoms with Gasteiger partial charge < -0.3 is 10.2 Å². The van der Waals surface area contributed by atoms with Crippen molar-refractivity contribution in [2.75, 3.05) is 17.4 Å². The van der Waals surface area contributed by atoms with Crippen LogP contribution in [0.4, 0.5) is 5.69 Å². The summed E-state index contributed by atoms with van der Waals surface area (Å²) in [6, 6.07) is 18.4. The van der Waals surface area contributed by atoms with E-state index >= 15 is 0 Å². The molecule has 0 aromatic heterocycles. The Balaban J connectivity index is 2.01. The largest absolute Gasteiger partial charge is 0.354 e. The summed E-state index contributed by atoms with van der Waals surface area (Å²) in [4.78, 5) is 28.3. The third kappa shape index (κ3) is 8.45. The number of nitrogens with one attached hydrogen (secondary N) is 1. The lowest BCUT2D eigenvalue weighted by molar-refractivity contribution is -0.139. The Morgan fingerprint density at radius 2 is 1.59 bits per heavy atom. The van der Waals surface area contributed by atoms with Gasteiger partial charge in [-0.3, -0.25) is 13.9 Å². The van der Waals surface area contributed by atoms with Crippen molar-refractivity contribution in [1.82, 2.24) is 10.2 Å². The van der Waals surface area contributed by atoms with Gasteiger partial charge in [-0.25, -0.2) is 8.42 Å². The van der Waals surface area contributed by atoms with Gasteiger partial charge in [0, 0.05) is 27.6 Å². The molecule has 0 saturated carbocycles.